The van der Waals surface area contributed by atoms with E-state index in [2.05, 4.69) is 36.9 Å². The first-order valence-electron chi connectivity index (χ1n) is 8.58. The molecule has 2 amide bonds. The van der Waals surface area contributed by atoms with Crippen LogP contribution in [0.4, 0.5) is 0 Å². The molecule has 0 bridgehead atoms. The Morgan fingerprint density at radius 1 is 1.04 bits per heavy atom. The Kier molecular flexibility index (Phi) is 6.94. The summed E-state index contributed by atoms with van der Waals surface area (Å²) in [4.78, 5) is 23.8. The zero-order valence-electron chi connectivity index (χ0n) is 15.9. The van der Waals surface area contributed by atoms with Crippen LogP contribution in [0, 0.1) is 0 Å². The van der Waals surface area contributed by atoms with Crippen LogP contribution in [0.15, 0.2) is 48.5 Å². The molecule has 0 fully saturated rings. The number of amides is 2. The Labute approximate surface area is 169 Å². The van der Waals surface area contributed by atoms with Crippen molar-refractivity contribution in [3.63, 3.8) is 0 Å². The van der Waals surface area contributed by atoms with Crippen molar-refractivity contribution in [3.05, 3.63) is 59.7 Å². The number of para-hydroxylation sites is 1. The monoisotopic (exact) mass is 401 g/mol. The highest BCUT2D eigenvalue weighted by atomic mass is 32.1. The van der Waals surface area contributed by atoms with Crippen molar-refractivity contribution in [2.75, 3.05) is 6.61 Å². The maximum absolute atomic E-state index is 11.9. The highest BCUT2D eigenvalue weighted by molar-refractivity contribution is 7.80. The van der Waals surface area contributed by atoms with Gasteiger partial charge in [-0.3, -0.25) is 25.8 Å². The van der Waals surface area contributed by atoms with Crippen molar-refractivity contribution < 1.29 is 19.4 Å². The number of ether oxygens (including phenoxy) is 1. The molecule has 2 rings (SSSR count). The van der Waals surface area contributed by atoms with E-state index in [4.69, 9.17) is 17.0 Å². The largest absolute Gasteiger partial charge is 0.507 e. The number of benzene rings is 2. The number of rotatable bonds is 4. The van der Waals surface area contributed by atoms with Gasteiger partial charge in [-0.1, -0.05) is 45.0 Å². The van der Waals surface area contributed by atoms with Gasteiger partial charge in [-0.15, -0.1) is 0 Å². The van der Waals surface area contributed by atoms with Crippen LogP contribution in [0.1, 0.15) is 36.7 Å². The van der Waals surface area contributed by atoms with Crippen molar-refractivity contribution in [1.82, 2.24) is 16.2 Å². The molecule has 0 aliphatic carbocycles. The van der Waals surface area contributed by atoms with E-state index in [0.717, 1.165) is 5.56 Å². The van der Waals surface area contributed by atoms with Crippen LogP contribution in [0.2, 0.25) is 0 Å². The Balaban J connectivity index is 1.76. The summed E-state index contributed by atoms with van der Waals surface area (Å²) in [5, 5.41) is 11.9. The third kappa shape index (κ3) is 6.24. The van der Waals surface area contributed by atoms with E-state index in [9.17, 15) is 14.7 Å². The molecule has 28 heavy (non-hydrogen) atoms. The zero-order valence-corrected chi connectivity index (χ0v) is 16.7. The van der Waals surface area contributed by atoms with Gasteiger partial charge in [-0.25, -0.2) is 0 Å². The predicted octanol–water partition coefficient (Wildman–Crippen LogP) is 2.40. The van der Waals surface area contributed by atoms with Crippen molar-refractivity contribution in [3.8, 4) is 11.5 Å². The van der Waals surface area contributed by atoms with E-state index in [1.165, 1.54) is 12.1 Å². The normalized spacial score (nSPS) is 10.7. The van der Waals surface area contributed by atoms with Gasteiger partial charge in [0.1, 0.15) is 11.5 Å². The molecular weight excluding hydrogens is 378 g/mol. The number of hydrogen-bond acceptors (Lipinski definition) is 5. The van der Waals surface area contributed by atoms with Crippen LogP contribution >= 0.6 is 12.2 Å². The summed E-state index contributed by atoms with van der Waals surface area (Å²) >= 11 is 4.94. The lowest BCUT2D eigenvalue weighted by Crippen LogP contribution is -2.49. The molecule has 8 heteroatoms. The summed E-state index contributed by atoms with van der Waals surface area (Å²) in [5.74, 6) is -0.670. The fourth-order valence-electron chi connectivity index (χ4n) is 2.24. The van der Waals surface area contributed by atoms with Crippen molar-refractivity contribution in [1.29, 1.82) is 0 Å². The lowest BCUT2D eigenvalue weighted by molar-refractivity contribution is -0.121. The number of nitrogens with one attached hydrogen (secondary N) is 3. The second-order valence-corrected chi connectivity index (χ2v) is 7.44. The van der Waals surface area contributed by atoms with E-state index < -0.39 is 11.8 Å². The SMILES string of the molecule is CC(C)(C)c1ccc(OCC(=O)NC(=S)NNC(=O)c2ccccc2O)cc1. The molecule has 0 aliphatic rings. The maximum Gasteiger partial charge on any atom is 0.273 e. The number of thiocarbonyl (C=S) groups is 1. The summed E-state index contributed by atoms with van der Waals surface area (Å²) < 4.78 is 5.43. The standard InChI is InChI=1S/C20H23N3O4S/c1-20(2,3)13-8-10-14(11-9-13)27-12-17(25)21-19(28)23-22-18(26)15-6-4-5-7-16(15)24/h4-11,24H,12H2,1-3H3,(H,22,26)(H2,21,23,25,28). The number of phenols is 1. The van der Waals surface area contributed by atoms with Gasteiger partial charge in [-0.05, 0) is 47.5 Å². The second kappa shape index (κ2) is 9.18. The third-order valence-corrected chi connectivity index (χ3v) is 3.99. The molecule has 0 atom stereocenters. The fraction of sp³-hybridized carbons (Fsp3) is 0.250. The third-order valence-electron chi connectivity index (χ3n) is 3.78. The minimum atomic E-state index is -0.593. The Bertz CT molecular complexity index is 860. The molecule has 7 nitrogen and oxygen atoms in total. The van der Waals surface area contributed by atoms with E-state index in [1.54, 1.807) is 24.3 Å². The van der Waals surface area contributed by atoms with Crippen LogP contribution in [0.25, 0.3) is 0 Å². The average molecular weight is 401 g/mol. The molecule has 0 aromatic heterocycles. The molecule has 0 aliphatic heterocycles. The highest BCUT2D eigenvalue weighted by Crippen LogP contribution is 2.24. The van der Waals surface area contributed by atoms with Gasteiger partial charge in [0.15, 0.2) is 11.7 Å². The van der Waals surface area contributed by atoms with Crippen LogP contribution in [-0.2, 0) is 10.2 Å². The number of carbonyl (C=O) groups is 2. The van der Waals surface area contributed by atoms with Crippen LogP contribution < -0.4 is 20.9 Å². The highest BCUT2D eigenvalue weighted by Gasteiger charge is 2.14. The maximum atomic E-state index is 11.9. The lowest BCUT2D eigenvalue weighted by Gasteiger charge is -2.19. The van der Waals surface area contributed by atoms with Gasteiger partial charge in [0.05, 0.1) is 5.56 Å². The summed E-state index contributed by atoms with van der Waals surface area (Å²) in [6.07, 6.45) is 0. The van der Waals surface area contributed by atoms with Crippen molar-refractivity contribution in [2.45, 2.75) is 26.2 Å². The summed E-state index contributed by atoms with van der Waals surface area (Å²) in [7, 11) is 0. The van der Waals surface area contributed by atoms with E-state index >= 15 is 0 Å². The van der Waals surface area contributed by atoms with E-state index in [-0.39, 0.29) is 28.4 Å². The van der Waals surface area contributed by atoms with Crippen LogP contribution in [0.3, 0.4) is 0 Å². The first-order chi connectivity index (χ1) is 13.2. The molecule has 2 aromatic carbocycles. The molecule has 0 radical (unpaired) electrons. The van der Waals surface area contributed by atoms with Crippen molar-refractivity contribution >= 4 is 29.1 Å². The number of hydrazine groups is 1. The van der Waals surface area contributed by atoms with E-state index in [1.807, 2.05) is 12.1 Å². The van der Waals surface area contributed by atoms with E-state index in [0.29, 0.717) is 5.75 Å². The quantitative estimate of drug-likeness (QED) is 0.464. The molecule has 148 valence electrons. The molecule has 0 spiro atoms. The first-order valence-corrected chi connectivity index (χ1v) is 8.99. The number of hydrogen-bond donors (Lipinski definition) is 4. The zero-order chi connectivity index (χ0) is 20.7. The smallest absolute Gasteiger partial charge is 0.273 e. The lowest BCUT2D eigenvalue weighted by atomic mass is 9.87. The second-order valence-electron chi connectivity index (χ2n) is 7.04. The van der Waals surface area contributed by atoms with Gasteiger partial charge >= 0.3 is 0 Å². The topological polar surface area (TPSA) is 99.7 Å². The molecule has 0 unspecified atom stereocenters. The Morgan fingerprint density at radius 3 is 2.29 bits per heavy atom. The predicted molar refractivity (Wildman–Crippen MR) is 110 cm³/mol. The summed E-state index contributed by atoms with van der Waals surface area (Å²) in [5.41, 5.74) is 5.96. The molecule has 0 heterocycles. The minimum Gasteiger partial charge on any atom is -0.507 e. The van der Waals surface area contributed by atoms with Crippen molar-refractivity contribution in [2.24, 2.45) is 0 Å². The van der Waals surface area contributed by atoms with Gasteiger partial charge in [-0.2, -0.15) is 0 Å². The van der Waals surface area contributed by atoms with Gasteiger partial charge in [0.25, 0.3) is 11.8 Å². The number of carbonyl (C=O) groups excluding carboxylic acids is 2. The molecule has 0 saturated heterocycles. The fourth-order valence-corrected chi connectivity index (χ4v) is 2.41. The molecule has 4 N–H and O–H groups in total. The number of phenolic OH excluding ortho intramolecular Hbond substituents is 1. The molecular formula is C20H23N3O4S. The van der Waals surface area contributed by atoms with Gasteiger partial charge in [0, 0.05) is 0 Å². The van der Waals surface area contributed by atoms with Crippen LogP contribution in [0.5, 0.6) is 11.5 Å². The average Bonchev–Trinajstić information content (AvgIpc) is 2.64. The summed E-state index contributed by atoms with van der Waals surface area (Å²) in [6.45, 7) is 6.11. The van der Waals surface area contributed by atoms with Gasteiger partial charge in [0.2, 0.25) is 0 Å². The number of aromatic hydroxyl groups is 1. The first kappa shape index (κ1) is 21.2. The Morgan fingerprint density at radius 2 is 1.68 bits per heavy atom. The Hall–Kier alpha value is -3.13. The van der Waals surface area contributed by atoms with Gasteiger partial charge < -0.3 is 9.84 Å². The molecule has 2 aromatic rings. The van der Waals surface area contributed by atoms with Crippen LogP contribution in [-0.4, -0.2) is 28.6 Å². The minimum absolute atomic E-state index is 0.0364. The summed E-state index contributed by atoms with van der Waals surface area (Å²) in [6, 6.07) is 13.6. The molecule has 0 saturated carbocycles.